The van der Waals surface area contributed by atoms with Crippen LogP contribution in [0.3, 0.4) is 0 Å². The molecule has 130 valence electrons. The summed E-state index contributed by atoms with van der Waals surface area (Å²) in [7, 11) is -3.84. The third-order valence-electron chi connectivity index (χ3n) is 3.94. The minimum absolute atomic E-state index is 0.0514. The second-order valence-corrected chi connectivity index (χ2v) is 7.95. The van der Waals surface area contributed by atoms with Crippen LogP contribution in [0.5, 0.6) is 0 Å². The molecule has 1 aliphatic heterocycles. The van der Waals surface area contributed by atoms with Crippen LogP contribution in [0.4, 0.5) is 4.79 Å². The predicted molar refractivity (Wildman–Crippen MR) is 97.9 cm³/mol. The zero-order valence-electron chi connectivity index (χ0n) is 13.5. The molecule has 2 aromatic rings. The zero-order chi connectivity index (χ0) is 18.0. The molecule has 0 aromatic heterocycles. The lowest BCUT2D eigenvalue weighted by Crippen LogP contribution is -2.50. The van der Waals surface area contributed by atoms with Crippen LogP contribution < -0.4 is 10.6 Å². The number of carbonyl (C=O) groups excluding carboxylic acids is 1. The van der Waals surface area contributed by atoms with Crippen molar-refractivity contribution in [3.63, 3.8) is 0 Å². The van der Waals surface area contributed by atoms with E-state index in [4.69, 9.17) is 11.6 Å². The molecule has 7 heteroatoms. The second-order valence-electron chi connectivity index (χ2n) is 5.73. The van der Waals surface area contributed by atoms with Crippen molar-refractivity contribution < 1.29 is 13.2 Å². The van der Waals surface area contributed by atoms with Crippen LogP contribution in [0.25, 0.3) is 5.70 Å². The summed E-state index contributed by atoms with van der Waals surface area (Å²) in [6.45, 7) is 1.88. The molecule has 2 N–H and O–H groups in total. The first kappa shape index (κ1) is 17.5. The van der Waals surface area contributed by atoms with E-state index in [0.29, 0.717) is 5.56 Å². The molecule has 5 nitrogen and oxygen atoms in total. The van der Waals surface area contributed by atoms with Gasteiger partial charge in [0.15, 0.2) is 0 Å². The van der Waals surface area contributed by atoms with Gasteiger partial charge in [0, 0.05) is 5.88 Å². The lowest BCUT2D eigenvalue weighted by atomic mass is 10.1. The van der Waals surface area contributed by atoms with Crippen molar-refractivity contribution >= 4 is 33.2 Å². The minimum Gasteiger partial charge on any atom is -0.329 e. The Morgan fingerprint density at radius 2 is 1.68 bits per heavy atom. The molecular formula is C18H17ClN2O3S. The van der Waals surface area contributed by atoms with Crippen molar-refractivity contribution in [3.8, 4) is 0 Å². The number of hydrogen-bond acceptors (Lipinski definition) is 3. The van der Waals surface area contributed by atoms with Crippen LogP contribution in [0.15, 0.2) is 64.4 Å². The van der Waals surface area contributed by atoms with Crippen LogP contribution in [0.1, 0.15) is 11.1 Å². The Labute approximate surface area is 151 Å². The van der Waals surface area contributed by atoms with E-state index in [2.05, 4.69) is 10.6 Å². The average Bonchev–Trinajstić information content (AvgIpc) is 2.61. The molecule has 0 radical (unpaired) electrons. The third-order valence-corrected chi connectivity index (χ3v) is 6.21. The molecule has 0 aliphatic carbocycles. The van der Waals surface area contributed by atoms with Crippen molar-refractivity contribution in [2.75, 3.05) is 5.88 Å². The fourth-order valence-electron chi connectivity index (χ4n) is 2.70. The highest BCUT2D eigenvalue weighted by atomic mass is 35.5. The number of benzene rings is 2. The van der Waals surface area contributed by atoms with Gasteiger partial charge in [0.05, 0.1) is 21.5 Å². The molecule has 25 heavy (non-hydrogen) atoms. The Hall–Kier alpha value is -2.31. The maximum absolute atomic E-state index is 13.3. The summed E-state index contributed by atoms with van der Waals surface area (Å²) in [4.78, 5) is 12.2. The van der Waals surface area contributed by atoms with Gasteiger partial charge in [-0.25, -0.2) is 13.2 Å². The molecule has 0 saturated carbocycles. The second kappa shape index (κ2) is 6.90. The molecule has 0 bridgehead atoms. The monoisotopic (exact) mass is 376 g/mol. The molecular weight excluding hydrogens is 360 g/mol. The van der Waals surface area contributed by atoms with Gasteiger partial charge < -0.3 is 10.6 Å². The van der Waals surface area contributed by atoms with Crippen LogP contribution in [-0.2, 0) is 9.84 Å². The Bertz CT molecular complexity index is 923. The van der Waals surface area contributed by atoms with E-state index in [1.807, 2.05) is 13.0 Å². The zero-order valence-corrected chi connectivity index (χ0v) is 15.1. The number of urea groups is 1. The van der Waals surface area contributed by atoms with Crippen LogP contribution >= 0.6 is 11.6 Å². The average molecular weight is 377 g/mol. The van der Waals surface area contributed by atoms with E-state index >= 15 is 0 Å². The molecule has 3 rings (SSSR count). The molecule has 1 atom stereocenters. The fourth-order valence-corrected chi connectivity index (χ4v) is 4.73. The third kappa shape index (κ3) is 3.41. The van der Waals surface area contributed by atoms with Gasteiger partial charge in [0.25, 0.3) is 0 Å². The number of carbonyl (C=O) groups is 1. The van der Waals surface area contributed by atoms with Gasteiger partial charge in [-0.1, -0.05) is 48.0 Å². The standard InChI is InChI=1S/C18H17ClN2O3S/c1-12-7-9-14(10-8-12)25(23,24)17-15(11-19)20-18(22)21-16(17)13-5-3-2-4-6-13/h2-10,15H,11H2,1H3,(H2,20,21,22). The summed E-state index contributed by atoms with van der Waals surface area (Å²) in [5.74, 6) is -0.0514. The van der Waals surface area contributed by atoms with Gasteiger partial charge in [-0.15, -0.1) is 11.6 Å². The quantitative estimate of drug-likeness (QED) is 0.805. The van der Waals surface area contributed by atoms with Crippen LogP contribution in [-0.4, -0.2) is 26.4 Å². The Balaban J connectivity index is 2.25. The first-order valence-electron chi connectivity index (χ1n) is 7.68. The molecule has 2 amide bonds. The molecule has 1 unspecified atom stereocenters. The molecule has 0 saturated heterocycles. The number of rotatable bonds is 4. The van der Waals surface area contributed by atoms with Crippen molar-refractivity contribution in [1.82, 2.24) is 10.6 Å². The lowest BCUT2D eigenvalue weighted by molar-refractivity contribution is 0.242. The summed E-state index contributed by atoms with van der Waals surface area (Å²) in [6.07, 6.45) is 0. The van der Waals surface area contributed by atoms with Gasteiger partial charge >= 0.3 is 6.03 Å². The Kier molecular flexibility index (Phi) is 4.83. The summed E-state index contributed by atoms with van der Waals surface area (Å²) >= 11 is 5.97. The maximum Gasteiger partial charge on any atom is 0.319 e. The Morgan fingerprint density at radius 3 is 2.28 bits per heavy atom. The number of hydrogen-bond donors (Lipinski definition) is 2. The number of halogens is 1. The highest BCUT2D eigenvalue weighted by Crippen LogP contribution is 2.31. The first-order valence-corrected chi connectivity index (χ1v) is 9.70. The highest BCUT2D eigenvalue weighted by Gasteiger charge is 2.36. The number of amides is 2. The number of alkyl halides is 1. The number of sulfone groups is 1. The lowest BCUT2D eigenvalue weighted by Gasteiger charge is -2.29. The minimum atomic E-state index is -3.84. The normalized spacial score (nSPS) is 17.8. The molecule has 0 fully saturated rings. The molecule has 1 heterocycles. The van der Waals surface area contributed by atoms with E-state index in [9.17, 15) is 13.2 Å². The van der Waals surface area contributed by atoms with Gasteiger partial charge in [-0.3, -0.25) is 0 Å². The maximum atomic E-state index is 13.3. The van der Waals surface area contributed by atoms with Crippen LogP contribution in [0, 0.1) is 6.92 Å². The van der Waals surface area contributed by atoms with Crippen molar-refractivity contribution in [2.45, 2.75) is 17.9 Å². The van der Waals surface area contributed by atoms with Gasteiger partial charge in [0.2, 0.25) is 9.84 Å². The van der Waals surface area contributed by atoms with E-state index in [-0.39, 0.29) is 21.4 Å². The van der Waals surface area contributed by atoms with Crippen molar-refractivity contribution in [3.05, 3.63) is 70.6 Å². The molecule has 2 aromatic carbocycles. The summed E-state index contributed by atoms with van der Waals surface area (Å²) in [6, 6.07) is 14.2. The van der Waals surface area contributed by atoms with Gasteiger partial charge in [-0.05, 0) is 24.6 Å². The summed E-state index contributed by atoms with van der Waals surface area (Å²) in [5, 5.41) is 5.21. The predicted octanol–water partition coefficient (Wildman–Crippen LogP) is 3.06. The highest BCUT2D eigenvalue weighted by molar-refractivity contribution is 7.95. The van der Waals surface area contributed by atoms with Gasteiger partial charge in [0.1, 0.15) is 0 Å². The fraction of sp³-hybridized carbons (Fsp3) is 0.167. The van der Waals surface area contributed by atoms with E-state index in [0.717, 1.165) is 5.56 Å². The van der Waals surface area contributed by atoms with Crippen molar-refractivity contribution in [1.29, 1.82) is 0 Å². The summed E-state index contributed by atoms with van der Waals surface area (Å²) < 4.78 is 26.5. The summed E-state index contributed by atoms with van der Waals surface area (Å²) in [5.41, 5.74) is 1.83. The van der Waals surface area contributed by atoms with E-state index < -0.39 is 21.9 Å². The van der Waals surface area contributed by atoms with E-state index in [1.165, 1.54) is 0 Å². The van der Waals surface area contributed by atoms with Crippen LogP contribution in [0.2, 0.25) is 0 Å². The topological polar surface area (TPSA) is 75.3 Å². The van der Waals surface area contributed by atoms with E-state index in [1.54, 1.807) is 48.5 Å². The number of aryl methyl sites for hydroxylation is 1. The number of nitrogens with one attached hydrogen (secondary N) is 2. The van der Waals surface area contributed by atoms with Gasteiger partial charge in [-0.2, -0.15) is 0 Å². The molecule has 0 spiro atoms. The Morgan fingerprint density at radius 1 is 1.04 bits per heavy atom. The smallest absolute Gasteiger partial charge is 0.319 e. The first-order chi connectivity index (χ1) is 11.9. The SMILES string of the molecule is Cc1ccc(S(=O)(=O)C2=C(c3ccccc3)NC(=O)NC2CCl)cc1. The molecule has 1 aliphatic rings. The van der Waals surface area contributed by atoms with Crippen molar-refractivity contribution in [2.24, 2.45) is 0 Å². The largest absolute Gasteiger partial charge is 0.329 e.